The fraction of sp³-hybridized carbons (Fsp3) is 0.167. The van der Waals surface area contributed by atoms with Crippen molar-refractivity contribution < 1.29 is 9.15 Å². The van der Waals surface area contributed by atoms with Crippen molar-refractivity contribution in [1.82, 2.24) is 0 Å². The second-order valence-corrected chi connectivity index (χ2v) is 3.13. The van der Waals surface area contributed by atoms with Gasteiger partial charge in [-0.2, -0.15) is 0 Å². The Kier molecular flexibility index (Phi) is 2.27. The number of benzene rings is 1. The van der Waals surface area contributed by atoms with E-state index in [9.17, 15) is 0 Å². The summed E-state index contributed by atoms with van der Waals surface area (Å²) in [6.07, 6.45) is 4.39. The predicted octanol–water partition coefficient (Wildman–Crippen LogP) is 3.17. The predicted molar refractivity (Wildman–Crippen MR) is 56.7 cm³/mol. The zero-order valence-corrected chi connectivity index (χ0v) is 8.12. The molecule has 0 aliphatic heterocycles. The topological polar surface area (TPSA) is 22.4 Å². The van der Waals surface area contributed by atoms with Crippen molar-refractivity contribution >= 4 is 11.0 Å². The summed E-state index contributed by atoms with van der Waals surface area (Å²) >= 11 is 0. The van der Waals surface area contributed by atoms with Gasteiger partial charge >= 0.3 is 0 Å². The highest BCUT2D eigenvalue weighted by atomic mass is 16.5. The van der Waals surface area contributed by atoms with Crippen LogP contribution in [0.2, 0.25) is 0 Å². The molecule has 2 aromatic rings. The van der Waals surface area contributed by atoms with E-state index < -0.39 is 0 Å². The Morgan fingerprint density at radius 3 is 3.07 bits per heavy atom. The van der Waals surface area contributed by atoms with Crippen LogP contribution in [-0.4, -0.2) is 7.11 Å². The van der Waals surface area contributed by atoms with Crippen molar-refractivity contribution in [2.75, 3.05) is 7.11 Å². The van der Waals surface area contributed by atoms with E-state index in [0.29, 0.717) is 0 Å². The summed E-state index contributed by atoms with van der Waals surface area (Å²) in [6.45, 7) is 3.71. The van der Waals surface area contributed by atoms with Gasteiger partial charge in [-0.25, -0.2) is 0 Å². The minimum absolute atomic E-state index is 0.782. The summed E-state index contributed by atoms with van der Waals surface area (Å²) in [4.78, 5) is 0. The van der Waals surface area contributed by atoms with Gasteiger partial charge in [0.15, 0.2) is 11.3 Å². The maximum atomic E-state index is 5.32. The van der Waals surface area contributed by atoms with Gasteiger partial charge in [0.1, 0.15) is 0 Å². The highest BCUT2D eigenvalue weighted by Crippen LogP contribution is 2.28. The first-order valence-corrected chi connectivity index (χ1v) is 4.50. The van der Waals surface area contributed by atoms with Gasteiger partial charge in [-0.1, -0.05) is 6.08 Å². The van der Waals surface area contributed by atoms with Crippen molar-refractivity contribution in [3.8, 4) is 5.75 Å². The number of fused-ring (bicyclic) bond motifs is 1. The van der Waals surface area contributed by atoms with E-state index in [1.807, 2.05) is 18.2 Å². The second kappa shape index (κ2) is 3.58. The Bertz CT molecular complexity index is 454. The van der Waals surface area contributed by atoms with E-state index in [4.69, 9.17) is 9.15 Å². The molecular formula is C12H12O2. The molecule has 0 unspecified atom stereocenters. The number of ether oxygens (including phenoxy) is 1. The van der Waals surface area contributed by atoms with Crippen LogP contribution < -0.4 is 4.74 Å². The van der Waals surface area contributed by atoms with Gasteiger partial charge in [-0.05, 0) is 30.2 Å². The zero-order chi connectivity index (χ0) is 9.97. The van der Waals surface area contributed by atoms with Crippen LogP contribution in [0.1, 0.15) is 5.56 Å². The summed E-state index contributed by atoms with van der Waals surface area (Å²) in [7, 11) is 1.65. The van der Waals surface area contributed by atoms with Gasteiger partial charge in [0.25, 0.3) is 0 Å². The lowest BCUT2D eigenvalue weighted by atomic mass is 10.1. The normalized spacial score (nSPS) is 10.4. The molecule has 1 aromatic carbocycles. The number of hydrogen-bond donors (Lipinski definition) is 0. The fourth-order valence-electron chi connectivity index (χ4n) is 1.54. The Morgan fingerprint density at radius 1 is 1.50 bits per heavy atom. The Balaban J connectivity index is 2.60. The molecule has 0 aliphatic carbocycles. The third-order valence-electron chi connectivity index (χ3n) is 2.18. The second-order valence-electron chi connectivity index (χ2n) is 3.13. The van der Waals surface area contributed by atoms with Crippen LogP contribution in [0, 0.1) is 0 Å². The first-order chi connectivity index (χ1) is 6.85. The van der Waals surface area contributed by atoms with Crippen LogP contribution >= 0.6 is 0 Å². The van der Waals surface area contributed by atoms with E-state index in [1.165, 1.54) is 5.56 Å². The number of rotatable bonds is 3. The summed E-state index contributed by atoms with van der Waals surface area (Å²) in [5.41, 5.74) is 1.99. The smallest absolute Gasteiger partial charge is 0.175 e. The highest BCUT2D eigenvalue weighted by Gasteiger charge is 2.06. The lowest BCUT2D eigenvalue weighted by molar-refractivity contribution is 0.410. The van der Waals surface area contributed by atoms with Gasteiger partial charge in [0.05, 0.1) is 13.4 Å². The van der Waals surface area contributed by atoms with Crippen LogP contribution in [0.4, 0.5) is 0 Å². The molecule has 0 atom stereocenters. The molecule has 1 heterocycles. The number of methoxy groups -OCH3 is 1. The monoisotopic (exact) mass is 188 g/mol. The van der Waals surface area contributed by atoms with Crippen molar-refractivity contribution in [3.05, 3.63) is 42.7 Å². The molecule has 14 heavy (non-hydrogen) atoms. The molecule has 0 radical (unpaired) electrons. The van der Waals surface area contributed by atoms with Crippen molar-refractivity contribution in [2.24, 2.45) is 0 Å². The summed E-state index contributed by atoms with van der Waals surface area (Å²) < 4.78 is 10.6. The van der Waals surface area contributed by atoms with Crippen LogP contribution in [0.25, 0.3) is 11.0 Å². The van der Waals surface area contributed by atoms with Crippen molar-refractivity contribution in [3.63, 3.8) is 0 Å². The highest BCUT2D eigenvalue weighted by molar-refractivity contribution is 5.83. The van der Waals surface area contributed by atoms with E-state index in [1.54, 1.807) is 13.4 Å². The number of allylic oxidation sites excluding steroid dienone is 1. The van der Waals surface area contributed by atoms with Crippen LogP contribution in [0.5, 0.6) is 5.75 Å². The summed E-state index contributed by atoms with van der Waals surface area (Å²) in [5, 5.41) is 1.07. The van der Waals surface area contributed by atoms with Gasteiger partial charge in [-0.3, -0.25) is 0 Å². The summed E-state index contributed by atoms with van der Waals surface area (Å²) in [6, 6.07) is 6.00. The fourth-order valence-corrected chi connectivity index (χ4v) is 1.54. The molecule has 0 spiro atoms. The third-order valence-corrected chi connectivity index (χ3v) is 2.18. The van der Waals surface area contributed by atoms with Crippen molar-refractivity contribution in [1.29, 1.82) is 0 Å². The Morgan fingerprint density at radius 2 is 2.36 bits per heavy atom. The number of hydrogen-bond acceptors (Lipinski definition) is 2. The molecule has 72 valence electrons. The molecule has 0 bridgehead atoms. The minimum Gasteiger partial charge on any atom is -0.493 e. The molecule has 1 aromatic heterocycles. The van der Waals surface area contributed by atoms with E-state index in [-0.39, 0.29) is 0 Å². The summed E-state index contributed by atoms with van der Waals surface area (Å²) in [5.74, 6) is 0.782. The molecule has 2 heteroatoms. The number of furan rings is 1. The Labute approximate surface area is 82.8 Å². The molecule has 0 saturated carbocycles. The van der Waals surface area contributed by atoms with Crippen LogP contribution in [-0.2, 0) is 6.42 Å². The quantitative estimate of drug-likeness (QED) is 0.690. The zero-order valence-electron chi connectivity index (χ0n) is 8.12. The van der Waals surface area contributed by atoms with Crippen LogP contribution in [0.15, 0.2) is 41.5 Å². The molecule has 2 rings (SSSR count). The van der Waals surface area contributed by atoms with Gasteiger partial charge in [-0.15, -0.1) is 6.58 Å². The first-order valence-electron chi connectivity index (χ1n) is 4.50. The first kappa shape index (κ1) is 8.88. The van der Waals surface area contributed by atoms with E-state index >= 15 is 0 Å². The third kappa shape index (κ3) is 1.39. The largest absolute Gasteiger partial charge is 0.493 e. The average Bonchev–Trinajstić information content (AvgIpc) is 2.65. The maximum absolute atomic E-state index is 5.32. The van der Waals surface area contributed by atoms with Gasteiger partial charge < -0.3 is 9.15 Å². The standard InChI is InChI=1S/C12H12O2/c1-3-4-9-7-10-5-6-14-12(10)11(8-9)13-2/h3,5-8H,1,4H2,2H3. The van der Waals surface area contributed by atoms with Gasteiger partial charge in [0, 0.05) is 5.39 Å². The molecule has 0 amide bonds. The lowest BCUT2D eigenvalue weighted by Crippen LogP contribution is -1.87. The molecule has 2 nitrogen and oxygen atoms in total. The molecule has 0 N–H and O–H groups in total. The van der Waals surface area contributed by atoms with Crippen molar-refractivity contribution in [2.45, 2.75) is 6.42 Å². The molecule has 0 fully saturated rings. The lowest BCUT2D eigenvalue weighted by Gasteiger charge is -2.03. The Hall–Kier alpha value is -1.70. The molecule has 0 saturated heterocycles. The molecule has 0 aliphatic rings. The minimum atomic E-state index is 0.782. The van der Waals surface area contributed by atoms with Crippen LogP contribution in [0.3, 0.4) is 0 Å². The van der Waals surface area contributed by atoms with Gasteiger partial charge in [0.2, 0.25) is 0 Å². The van der Waals surface area contributed by atoms with E-state index in [0.717, 1.165) is 23.1 Å². The molecular weight excluding hydrogens is 176 g/mol. The average molecular weight is 188 g/mol. The van der Waals surface area contributed by atoms with E-state index in [2.05, 4.69) is 12.6 Å². The SMILES string of the molecule is C=CCc1cc(OC)c2occc2c1. The maximum Gasteiger partial charge on any atom is 0.175 e.